The topological polar surface area (TPSA) is 41.1 Å². The van der Waals surface area contributed by atoms with Crippen molar-refractivity contribution in [1.29, 1.82) is 0 Å². The Bertz CT molecular complexity index is 109. The van der Waals surface area contributed by atoms with Crippen molar-refractivity contribution < 1.29 is 4.57 Å². The summed E-state index contributed by atoms with van der Waals surface area (Å²) in [6.45, 7) is 2.22. The third kappa shape index (κ3) is 4.91. The molecule has 0 heterocycles. The molecule has 0 rings (SSSR count). The van der Waals surface area contributed by atoms with E-state index in [0.717, 1.165) is 0 Å². The van der Waals surface area contributed by atoms with Crippen molar-refractivity contribution in [3.63, 3.8) is 0 Å². The normalized spacial score (nSPS) is 11.9. The molecule has 0 aromatic carbocycles. The first-order chi connectivity index (χ1) is 4.12. The van der Waals surface area contributed by atoms with Gasteiger partial charge in [0.2, 0.25) is 0 Å². The van der Waals surface area contributed by atoms with Gasteiger partial charge in [0.25, 0.3) is 6.80 Å². The summed E-state index contributed by atoms with van der Waals surface area (Å²) in [5.41, 5.74) is 0. The van der Waals surface area contributed by atoms with E-state index in [1.807, 2.05) is 13.8 Å². The predicted molar refractivity (Wildman–Crippen MR) is 40.8 cm³/mol. The Morgan fingerprint density at radius 3 is 1.89 bits per heavy atom. The van der Waals surface area contributed by atoms with Crippen LogP contribution in [-0.2, 0) is 4.57 Å². The van der Waals surface area contributed by atoms with E-state index in [4.69, 9.17) is 11.2 Å². The van der Waals surface area contributed by atoms with Gasteiger partial charge in [-0.2, -0.15) is 0 Å². The second-order valence-corrected chi connectivity index (χ2v) is 4.68. The van der Waals surface area contributed by atoms with Crippen LogP contribution in [0, 0.1) is 0 Å². The van der Waals surface area contributed by atoms with Gasteiger partial charge in [0.15, 0.2) is 0 Å². The van der Waals surface area contributed by atoms with Gasteiger partial charge < -0.3 is 0 Å². The summed E-state index contributed by atoms with van der Waals surface area (Å²) in [5, 5.41) is 5.27. The molecular formula is C4H12ClN2OP. The SMILES string of the molecule is CCNP(=O)(Cl)NCC. The van der Waals surface area contributed by atoms with Gasteiger partial charge >= 0.3 is 0 Å². The van der Waals surface area contributed by atoms with Crippen molar-refractivity contribution in [2.24, 2.45) is 0 Å². The number of nitrogens with one attached hydrogen (secondary N) is 2. The fraction of sp³-hybridized carbons (Fsp3) is 1.00. The summed E-state index contributed by atoms with van der Waals surface area (Å²) in [5.74, 6) is 0. The number of hydrogen-bond donors (Lipinski definition) is 2. The third-order valence-electron chi connectivity index (χ3n) is 0.723. The zero-order valence-electron chi connectivity index (χ0n) is 5.65. The zero-order valence-corrected chi connectivity index (χ0v) is 7.30. The zero-order chi connectivity index (χ0) is 7.33. The summed E-state index contributed by atoms with van der Waals surface area (Å²) >= 11 is 5.47. The summed E-state index contributed by atoms with van der Waals surface area (Å²) in [6, 6.07) is 0. The van der Waals surface area contributed by atoms with Crippen LogP contribution < -0.4 is 10.2 Å². The molecule has 0 amide bonds. The summed E-state index contributed by atoms with van der Waals surface area (Å²) < 4.78 is 11.0. The summed E-state index contributed by atoms with van der Waals surface area (Å²) in [6.07, 6.45) is 0. The van der Waals surface area contributed by atoms with E-state index >= 15 is 0 Å². The van der Waals surface area contributed by atoms with Crippen LogP contribution in [0.4, 0.5) is 0 Å². The van der Waals surface area contributed by atoms with Crippen LogP contribution in [0.15, 0.2) is 0 Å². The van der Waals surface area contributed by atoms with E-state index < -0.39 is 6.80 Å². The third-order valence-corrected chi connectivity index (χ3v) is 2.89. The van der Waals surface area contributed by atoms with Crippen molar-refractivity contribution in [2.75, 3.05) is 13.1 Å². The summed E-state index contributed by atoms with van der Waals surface area (Å²) in [4.78, 5) is 0. The molecule has 0 fully saturated rings. The number of rotatable bonds is 4. The van der Waals surface area contributed by atoms with Crippen molar-refractivity contribution in [2.45, 2.75) is 13.8 Å². The molecule has 0 bridgehead atoms. The van der Waals surface area contributed by atoms with E-state index in [0.29, 0.717) is 13.1 Å². The smallest absolute Gasteiger partial charge is 0.271 e. The highest BCUT2D eigenvalue weighted by molar-refractivity contribution is 7.86. The Labute approximate surface area is 60.4 Å². The highest BCUT2D eigenvalue weighted by Crippen LogP contribution is 2.40. The first-order valence-electron chi connectivity index (χ1n) is 2.92. The Morgan fingerprint density at radius 2 is 1.67 bits per heavy atom. The molecule has 0 unspecified atom stereocenters. The summed E-state index contributed by atoms with van der Waals surface area (Å²) in [7, 11) is 0. The minimum absolute atomic E-state index is 0.619. The van der Waals surface area contributed by atoms with Crippen molar-refractivity contribution in [3.05, 3.63) is 0 Å². The average Bonchev–Trinajstić information content (AvgIpc) is 1.64. The molecule has 9 heavy (non-hydrogen) atoms. The molecule has 0 radical (unpaired) electrons. The maximum absolute atomic E-state index is 11.0. The van der Waals surface area contributed by atoms with Crippen LogP contribution in [-0.4, -0.2) is 13.1 Å². The van der Waals surface area contributed by atoms with Gasteiger partial charge in [0, 0.05) is 13.1 Å². The highest BCUT2D eigenvalue weighted by Gasteiger charge is 2.12. The molecule has 0 aromatic rings. The Balaban J connectivity index is 3.58. The molecule has 0 aliphatic carbocycles. The van der Waals surface area contributed by atoms with Crippen LogP contribution in [0.2, 0.25) is 0 Å². The lowest BCUT2D eigenvalue weighted by atomic mass is 10.8. The van der Waals surface area contributed by atoms with Crippen LogP contribution in [0.25, 0.3) is 0 Å². The minimum Gasteiger partial charge on any atom is -0.271 e. The fourth-order valence-electron chi connectivity index (χ4n) is 0.463. The highest BCUT2D eigenvalue weighted by atomic mass is 35.7. The van der Waals surface area contributed by atoms with Crippen LogP contribution in [0.3, 0.4) is 0 Å². The molecule has 0 aliphatic rings. The predicted octanol–water partition coefficient (Wildman–Crippen LogP) is 1.55. The maximum atomic E-state index is 11.0. The van der Waals surface area contributed by atoms with Crippen LogP contribution in [0.5, 0.6) is 0 Å². The molecule has 0 saturated heterocycles. The second-order valence-electron chi connectivity index (χ2n) is 1.56. The average molecular weight is 171 g/mol. The molecule has 0 aliphatic heterocycles. The van der Waals surface area contributed by atoms with Crippen LogP contribution >= 0.6 is 18.0 Å². The first-order valence-corrected chi connectivity index (χ1v) is 5.53. The van der Waals surface area contributed by atoms with Gasteiger partial charge in [-0.05, 0) is 11.2 Å². The minimum atomic E-state index is -2.72. The fourth-order valence-corrected chi connectivity index (χ4v) is 2.11. The molecule has 0 aromatic heterocycles. The van der Waals surface area contributed by atoms with Crippen LogP contribution in [0.1, 0.15) is 13.8 Å². The van der Waals surface area contributed by atoms with Crippen molar-refractivity contribution >= 4 is 18.0 Å². The molecular weight excluding hydrogens is 158 g/mol. The number of halogens is 1. The van der Waals surface area contributed by atoms with Gasteiger partial charge in [-0.1, -0.05) is 13.8 Å². The van der Waals surface area contributed by atoms with E-state index in [1.54, 1.807) is 0 Å². The number of hydrogen-bond acceptors (Lipinski definition) is 1. The largest absolute Gasteiger partial charge is 0.299 e. The molecule has 5 heteroatoms. The second kappa shape index (κ2) is 4.29. The Morgan fingerprint density at radius 1 is 1.33 bits per heavy atom. The van der Waals surface area contributed by atoms with E-state index in [9.17, 15) is 4.57 Å². The van der Waals surface area contributed by atoms with Gasteiger partial charge in [-0.25, -0.2) is 10.2 Å². The maximum Gasteiger partial charge on any atom is 0.299 e. The lowest BCUT2D eigenvalue weighted by Gasteiger charge is -2.09. The molecule has 0 atom stereocenters. The Hall–Kier alpha value is 0.440. The molecule has 3 nitrogen and oxygen atoms in total. The first kappa shape index (κ1) is 9.44. The lowest BCUT2D eigenvalue weighted by Crippen LogP contribution is -2.17. The molecule has 56 valence electrons. The van der Waals surface area contributed by atoms with Crippen molar-refractivity contribution in [3.8, 4) is 0 Å². The van der Waals surface area contributed by atoms with Gasteiger partial charge in [-0.15, -0.1) is 0 Å². The molecule has 2 N–H and O–H groups in total. The lowest BCUT2D eigenvalue weighted by molar-refractivity contribution is 0.567. The van der Waals surface area contributed by atoms with Gasteiger partial charge in [0.05, 0.1) is 0 Å². The van der Waals surface area contributed by atoms with Crippen molar-refractivity contribution in [1.82, 2.24) is 10.2 Å². The van der Waals surface area contributed by atoms with Gasteiger partial charge in [-0.3, -0.25) is 4.57 Å². The quantitative estimate of drug-likeness (QED) is 0.629. The van der Waals surface area contributed by atoms with Gasteiger partial charge in [0.1, 0.15) is 0 Å². The standard InChI is InChI=1S/C4H12ClN2OP/c1-3-6-9(5,8)7-4-2/h3-4H2,1-2H3,(H2,6,7,8). The molecule has 0 saturated carbocycles. The molecule has 0 spiro atoms. The van der Waals surface area contributed by atoms with E-state index in [2.05, 4.69) is 10.2 Å². The monoisotopic (exact) mass is 170 g/mol. The Kier molecular flexibility index (Phi) is 4.50. The van der Waals surface area contributed by atoms with E-state index in [1.165, 1.54) is 0 Å². The van der Waals surface area contributed by atoms with E-state index in [-0.39, 0.29) is 0 Å².